The number of benzene rings is 1. The molecule has 0 bridgehead atoms. The monoisotopic (exact) mass is 311 g/mol. The molecule has 1 fully saturated rings. The van der Waals surface area contributed by atoms with E-state index in [1.807, 2.05) is 37.3 Å². The van der Waals surface area contributed by atoms with E-state index < -0.39 is 0 Å². The molecule has 5 heteroatoms. The van der Waals surface area contributed by atoms with Gasteiger partial charge in [0.05, 0.1) is 6.07 Å². The lowest BCUT2D eigenvalue weighted by Gasteiger charge is -2.31. The Balaban J connectivity index is 1.79. The minimum Gasteiger partial charge on any atom is -0.350 e. The highest BCUT2D eigenvalue weighted by Crippen LogP contribution is 2.12. The van der Waals surface area contributed by atoms with Crippen molar-refractivity contribution in [3.8, 4) is 6.07 Å². The molecule has 0 aromatic heterocycles. The Morgan fingerprint density at radius 1 is 1.39 bits per heavy atom. The highest BCUT2D eigenvalue weighted by molar-refractivity contribution is 5.92. The van der Waals surface area contributed by atoms with Gasteiger partial charge in [0, 0.05) is 25.2 Å². The summed E-state index contributed by atoms with van der Waals surface area (Å²) in [7, 11) is 0. The molecule has 0 spiro atoms. The molecule has 1 aliphatic rings. The van der Waals surface area contributed by atoms with Crippen molar-refractivity contribution in [1.82, 2.24) is 10.2 Å². The number of hydrogen-bond donors (Lipinski definition) is 1. The van der Waals surface area contributed by atoms with Crippen LogP contribution in [-0.2, 0) is 9.59 Å². The first kappa shape index (κ1) is 16.8. The Morgan fingerprint density at radius 3 is 2.78 bits per heavy atom. The highest BCUT2D eigenvalue weighted by atomic mass is 16.2. The van der Waals surface area contributed by atoms with Gasteiger partial charge in [-0.25, -0.2) is 0 Å². The zero-order valence-electron chi connectivity index (χ0n) is 13.3. The van der Waals surface area contributed by atoms with Crippen LogP contribution in [0.5, 0.6) is 0 Å². The largest absolute Gasteiger partial charge is 0.350 e. The molecule has 1 aromatic rings. The summed E-state index contributed by atoms with van der Waals surface area (Å²) < 4.78 is 0. The van der Waals surface area contributed by atoms with Crippen LogP contribution in [0.2, 0.25) is 0 Å². The van der Waals surface area contributed by atoms with Crippen molar-refractivity contribution in [2.45, 2.75) is 32.2 Å². The predicted molar refractivity (Wildman–Crippen MR) is 88.2 cm³/mol. The topological polar surface area (TPSA) is 73.2 Å². The highest BCUT2D eigenvalue weighted by Gasteiger charge is 2.22. The summed E-state index contributed by atoms with van der Waals surface area (Å²) in [4.78, 5) is 25.3. The molecule has 2 amide bonds. The van der Waals surface area contributed by atoms with Crippen LogP contribution in [-0.4, -0.2) is 35.8 Å². The van der Waals surface area contributed by atoms with Gasteiger partial charge in [0.25, 0.3) is 0 Å². The number of carbonyl (C=O) groups is 2. The zero-order chi connectivity index (χ0) is 16.7. The number of piperidine rings is 1. The van der Waals surface area contributed by atoms with E-state index >= 15 is 0 Å². The Morgan fingerprint density at radius 2 is 2.13 bits per heavy atom. The Kier molecular flexibility index (Phi) is 5.93. The van der Waals surface area contributed by atoms with E-state index in [0.717, 1.165) is 24.0 Å². The van der Waals surface area contributed by atoms with Crippen molar-refractivity contribution in [2.75, 3.05) is 13.1 Å². The first-order valence-electron chi connectivity index (χ1n) is 7.78. The fourth-order valence-corrected chi connectivity index (χ4v) is 2.65. The van der Waals surface area contributed by atoms with Crippen LogP contribution in [0, 0.1) is 18.3 Å². The van der Waals surface area contributed by atoms with E-state index in [1.54, 1.807) is 17.1 Å². The van der Waals surface area contributed by atoms with Gasteiger partial charge in [0.2, 0.25) is 11.8 Å². The molecule has 1 N–H and O–H groups in total. The van der Waals surface area contributed by atoms with Crippen molar-refractivity contribution in [1.29, 1.82) is 5.26 Å². The van der Waals surface area contributed by atoms with Crippen molar-refractivity contribution in [3.63, 3.8) is 0 Å². The minimum atomic E-state index is -0.128. The first-order valence-corrected chi connectivity index (χ1v) is 7.78. The number of nitrogens with one attached hydrogen (secondary N) is 1. The lowest BCUT2D eigenvalue weighted by molar-refractivity contribution is -0.131. The number of nitrogens with zero attached hydrogens (tertiary/aromatic N) is 2. The third-order valence-corrected chi connectivity index (χ3v) is 3.89. The molecule has 0 radical (unpaired) electrons. The number of likely N-dealkylation sites (tertiary alicyclic amines) is 1. The van der Waals surface area contributed by atoms with E-state index in [2.05, 4.69) is 5.32 Å². The molecular formula is C18H21N3O2. The number of aryl methyl sites for hydroxylation is 1. The van der Waals surface area contributed by atoms with E-state index in [0.29, 0.717) is 13.1 Å². The van der Waals surface area contributed by atoms with E-state index in [-0.39, 0.29) is 24.3 Å². The van der Waals surface area contributed by atoms with Gasteiger partial charge in [-0.3, -0.25) is 9.59 Å². The van der Waals surface area contributed by atoms with Crippen molar-refractivity contribution < 1.29 is 9.59 Å². The fourth-order valence-electron chi connectivity index (χ4n) is 2.65. The lowest BCUT2D eigenvalue weighted by atomic mass is 10.0. The minimum absolute atomic E-state index is 0.0732. The van der Waals surface area contributed by atoms with Crippen LogP contribution in [0.15, 0.2) is 30.3 Å². The average molecular weight is 311 g/mol. The summed E-state index contributed by atoms with van der Waals surface area (Å²) in [6, 6.07) is 9.90. The maximum Gasteiger partial charge on any atom is 0.244 e. The molecule has 0 atom stereocenters. The molecule has 0 unspecified atom stereocenters. The summed E-state index contributed by atoms with van der Waals surface area (Å²) in [5, 5.41) is 11.5. The number of nitriles is 1. The predicted octanol–water partition coefficient (Wildman–Crippen LogP) is 2.03. The van der Waals surface area contributed by atoms with Gasteiger partial charge in [-0.2, -0.15) is 5.26 Å². The average Bonchev–Trinajstić information content (AvgIpc) is 2.54. The van der Waals surface area contributed by atoms with Crippen LogP contribution in [0.1, 0.15) is 30.4 Å². The van der Waals surface area contributed by atoms with Gasteiger partial charge in [0.15, 0.2) is 0 Å². The Bertz CT molecular complexity index is 638. The fraction of sp³-hybridized carbons (Fsp3) is 0.389. The maximum atomic E-state index is 12.0. The molecule has 1 aromatic carbocycles. The van der Waals surface area contributed by atoms with Gasteiger partial charge in [-0.15, -0.1) is 0 Å². The van der Waals surface area contributed by atoms with Gasteiger partial charge in [0.1, 0.15) is 6.42 Å². The van der Waals surface area contributed by atoms with Gasteiger partial charge >= 0.3 is 0 Å². The number of rotatable bonds is 4. The smallest absolute Gasteiger partial charge is 0.244 e. The normalized spacial score (nSPS) is 15.4. The molecule has 2 rings (SSSR count). The Labute approximate surface area is 136 Å². The molecule has 1 saturated heterocycles. The van der Waals surface area contributed by atoms with Crippen LogP contribution >= 0.6 is 0 Å². The van der Waals surface area contributed by atoms with Gasteiger partial charge in [-0.05, 0) is 31.4 Å². The third kappa shape index (κ3) is 5.26. The second-order valence-corrected chi connectivity index (χ2v) is 5.75. The van der Waals surface area contributed by atoms with Crippen molar-refractivity contribution in [3.05, 3.63) is 41.5 Å². The van der Waals surface area contributed by atoms with E-state index in [1.165, 1.54) is 0 Å². The molecule has 120 valence electrons. The molecule has 1 heterocycles. The van der Waals surface area contributed by atoms with Crippen molar-refractivity contribution in [2.24, 2.45) is 0 Å². The second-order valence-electron chi connectivity index (χ2n) is 5.75. The van der Waals surface area contributed by atoms with E-state index in [9.17, 15) is 9.59 Å². The van der Waals surface area contributed by atoms with Gasteiger partial charge in [-0.1, -0.05) is 29.8 Å². The number of hydrogen-bond acceptors (Lipinski definition) is 3. The SMILES string of the molecule is Cc1cccc(/C=C/C(=O)NC2CCN(C(=O)CC#N)CC2)c1. The summed E-state index contributed by atoms with van der Waals surface area (Å²) in [5.41, 5.74) is 2.15. The maximum absolute atomic E-state index is 12.0. The van der Waals surface area contributed by atoms with Crippen LogP contribution in [0.4, 0.5) is 0 Å². The number of carbonyl (C=O) groups excluding carboxylic acids is 2. The molecule has 23 heavy (non-hydrogen) atoms. The van der Waals surface area contributed by atoms with E-state index in [4.69, 9.17) is 5.26 Å². The molecule has 0 saturated carbocycles. The first-order chi connectivity index (χ1) is 11.1. The summed E-state index contributed by atoms with van der Waals surface area (Å²) in [6.45, 7) is 3.19. The number of amides is 2. The van der Waals surface area contributed by atoms with Crippen LogP contribution in [0.3, 0.4) is 0 Å². The summed E-state index contributed by atoms with van der Waals surface area (Å²) >= 11 is 0. The van der Waals surface area contributed by atoms with Crippen LogP contribution in [0.25, 0.3) is 6.08 Å². The third-order valence-electron chi connectivity index (χ3n) is 3.89. The quantitative estimate of drug-likeness (QED) is 0.865. The molecule has 1 aliphatic heterocycles. The zero-order valence-corrected chi connectivity index (χ0v) is 13.3. The second kappa shape index (κ2) is 8.14. The molecular weight excluding hydrogens is 290 g/mol. The summed E-state index contributed by atoms with van der Waals surface area (Å²) in [6.07, 6.45) is 4.72. The molecule has 5 nitrogen and oxygen atoms in total. The lowest BCUT2D eigenvalue weighted by Crippen LogP contribution is -2.46. The van der Waals surface area contributed by atoms with Crippen LogP contribution < -0.4 is 5.32 Å². The summed E-state index contributed by atoms with van der Waals surface area (Å²) in [5.74, 6) is -0.245. The molecule has 0 aliphatic carbocycles. The van der Waals surface area contributed by atoms with Gasteiger partial charge < -0.3 is 10.2 Å². The standard InChI is InChI=1S/C18H21N3O2/c1-14-3-2-4-15(13-14)5-6-17(22)20-16-8-11-21(12-9-16)18(23)7-10-19/h2-6,13,16H,7-9,11-12H2,1H3,(H,20,22)/b6-5+. The Hall–Kier alpha value is -2.61. The van der Waals surface area contributed by atoms with Crippen molar-refractivity contribution >= 4 is 17.9 Å².